The lowest BCUT2D eigenvalue weighted by Crippen LogP contribution is -2.48. The van der Waals surface area contributed by atoms with Gasteiger partial charge in [0.05, 0.1) is 6.20 Å². The number of ether oxygens (including phenoxy) is 2. The Hall–Kier alpha value is -4.28. The molecule has 216 valence electrons. The molecule has 1 aliphatic rings. The van der Waals surface area contributed by atoms with Crippen LogP contribution < -0.4 is 20.7 Å². The van der Waals surface area contributed by atoms with Gasteiger partial charge in [-0.1, -0.05) is 18.2 Å². The molecule has 2 amide bonds. The van der Waals surface area contributed by atoms with Gasteiger partial charge in [0, 0.05) is 44.2 Å². The summed E-state index contributed by atoms with van der Waals surface area (Å²) >= 11 is 0. The molecule has 40 heavy (non-hydrogen) atoms. The average Bonchev–Trinajstić information content (AvgIpc) is 2.87. The van der Waals surface area contributed by atoms with Gasteiger partial charge in [0.15, 0.2) is 0 Å². The fourth-order valence-corrected chi connectivity index (χ4v) is 3.86. The van der Waals surface area contributed by atoms with Crippen LogP contribution in [0.2, 0.25) is 0 Å². The summed E-state index contributed by atoms with van der Waals surface area (Å²) in [7, 11) is 0. The van der Waals surface area contributed by atoms with Crippen LogP contribution in [-0.4, -0.2) is 64.5 Å². The number of amides is 2. The molecule has 11 nitrogen and oxygen atoms in total. The standard InChI is InChI=1S/C26H32F3N7O4/c1-25(2,3)40-24(38)36-12-9-19(10-13-36)34-21(37)8-11-31-22-18(14-30)16-33-23(35-22)32-15-17-6-4-5-7-20(17)39-26(27,28)29/h4-7,16,19H,8-13,15H2,1-3H3,(H,34,37)(H2,31,32,33,35). The number of nitriles is 1. The summed E-state index contributed by atoms with van der Waals surface area (Å²) in [6.45, 7) is 6.49. The maximum absolute atomic E-state index is 12.7. The van der Waals surface area contributed by atoms with E-state index < -0.39 is 12.0 Å². The first kappa shape index (κ1) is 30.3. The quantitative estimate of drug-likeness (QED) is 0.410. The van der Waals surface area contributed by atoms with Gasteiger partial charge < -0.3 is 30.3 Å². The molecule has 0 bridgehead atoms. The van der Waals surface area contributed by atoms with Crippen LogP contribution in [0.25, 0.3) is 0 Å². The van der Waals surface area contributed by atoms with E-state index in [0.717, 1.165) is 0 Å². The molecule has 1 aromatic heterocycles. The fourth-order valence-electron chi connectivity index (χ4n) is 3.86. The Morgan fingerprint density at radius 1 is 1.15 bits per heavy atom. The molecule has 0 saturated carbocycles. The van der Waals surface area contributed by atoms with Crippen molar-refractivity contribution in [2.45, 2.75) is 64.6 Å². The number of nitrogens with one attached hydrogen (secondary N) is 3. The molecule has 1 aliphatic heterocycles. The van der Waals surface area contributed by atoms with Crippen LogP contribution in [0.1, 0.15) is 51.2 Å². The zero-order chi connectivity index (χ0) is 29.3. The molecule has 3 N–H and O–H groups in total. The highest BCUT2D eigenvalue weighted by atomic mass is 19.4. The minimum absolute atomic E-state index is 0.0628. The van der Waals surface area contributed by atoms with E-state index in [1.165, 1.54) is 24.4 Å². The number of rotatable bonds is 9. The molecule has 3 rings (SSSR count). The van der Waals surface area contributed by atoms with Crippen molar-refractivity contribution >= 4 is 23.8 Å². The summed E-state index contributed by atoms with van der Waals surface area (Å²) < 4.78 is 47.4. The number of nitrogens with zero attached hydrogens (tertiary/aromatic N) is 4. The van der Waals surface area contributed by atoms with Gasteiger partial charge in [-0.05, 0) is 39.7 Å². The zero-order valence-electron chi connectivity index (χ0n) is 22.5. The van der Waals surface area contributed by atoms with E-state index in [1.54, 1.807) is 11.0 Å². The maximum atomic E-state index is 12.7. The van der Waals surface area contributed by atoms with E-state index in [9.17, 15) is 28.0 Å². The van der Waals surface area contributed by atoms with Crippen LogP contribution in [-0.2, 0) is 16.1 Å². The second-order valence-corrected chi connectivity index (χ2v) is 10.1. The number of piperidine rings is 1. The monoisotopic (exact) mass is 563 g/mol. The van der Waals surface area contributed by atoms with Gasteiger partial charge in [-0.2, -0.15) is 10.2 Å². The lowest BCUT2D eigenvalue weighted by atomic mass is 10.1. The largest absolute Gasteiger partial charge is 0.573 e. The molecule has 0 unspecified atom stereocenters. The molecule has 14 heteroatoms. The highest BCUT2D eigenvalue weighted by Gasteiger charge is 2.32. The first-order valence-corrected chi connectivity index (χ1v) is 12.7. The van der Waals surface area contributed by atoms with Crippen molar-refractivity contribution in [1.29, 1.82) is 5.26 Å². The number of anilines is 2. The third-order valence-corrected chi connectivity index (χ3v) is 5.70. The van der Waals surface area contributed by atoms with Crippen LogP contribution in [0.5, 0.6) is 5.75 Å². The second kappa shape index (κ2) is 13.2. The minimum Gasteiger partial charge on any atom is -0.444 e. The second-order valence-electron chi connectivity index (χ2n) is 10.1. The number of carbonyl (C=O) groups is 2. The molecular weight excluding hydrogens is 531 g/mol. The zero-order valence-corrected chi connectivity index (χ0v) is 22.5. The number of hydrogen-bond acceptors (Lipinski definition) is 9. The van der Waals surface area contributed by atoms with E-state index in [-0.39, 0.29) is 66.2 Å². The van der Waals surface area contributed by atoms with Gasteiger partial charge in [0.2, 0.25) is 11.9 Å². The molecule has 2 aromatic rings. The summed E-state index contributed by atoms with van der Waals surface area (Å²) in [5, 5.41) is 18.1. The fraction of sp³-hybridized carbons (Fsp3) is 0.500. The smallest absolute Gasteiger partial charge is 0.444 e. The van der Waals surface area contributed by atoms with Gasteiger partial charge in [0.1, 0.15) is 28.8 Å². The van der Waals surface area contributed by atoms with Gasteiger partial charge in [-0.3, -0.25) is 4.79 Å². The normalized spacial score (nSPS) is 14.2. The van der Waals surface area contributed by atoms with E-state index in [4.69, 9.17) is 4.74 Å². The van der Waals surface area contributed by atoms with Crippen LogP contribution in [0, 0.1) is 11.3 Å². The van der Waals surface area contributed by atoms with Crippen LogP contribution >= 0.6 is 0 Å². The molecule has 1 fully saturated rings. The van der Waals surface area contributed by atoms with Crippen molar-refractivity contribution in [3.63, 3.8) is 0 Å². The van der Waals surface area contributed by atoms with Gasteiger partial charge in [-0.25, -0.2) is 9.78 Å². The van der Waals surface area contributed by atoms with Crippen molar-refractivity contribution in [3.05, 3.63) is 41.6 Å². The van der Waals surface area contributed by atoms with E-state index >= 15 is 0 Å². The predicted octanol–water partition coefficient (Wildman–Crippen LogP) is 4.18. The molecule has 1 saturated heterocycles. The summed E-state index contributed by atoms with van der Waals surface area (Å²) in [4.78, 5) is 34.5. The minimum atomic E-state index is -4.83. The number of likely N-dealkylation sites (tertiary alicyclic amines) is 1. The Kier molecular flexibility index (Phi) is 9.98. The molecule has 1 aromatic carbocycles. The van der Waals surface area contributed by atoms with Crippen LogP contribution in [0.4, 0.5) is 29.7 Å². The van der Waals surface area contributed by atoms with Crippen LogP contribution in [0.3, 0.4) is 0 Å². The van der Waals surface area contributed by atoms with Crippen molar-refractivity contribution in [1.82, 2.24) is 20.2 Å². The Morgan fingerprint density at radius 2 is 1.85 bits per heavy atom. The molecule has 0 spiro atoms. The van der Waals surface area contributed by atoms with Crippen LogP contribution in [0.15, 0.2) is 30.5 Å². The lowest BCUT2D eigenvalue weighted by molar-refractivity contribution is -0.274. The Labute approximate surface area is 230 Å². The predicted molar refractivity (Wildman–Crippen MR) is 139 cm³/mol. The Morgan fingerprint density at radius 3 is 2.50 bits per heavy atom. The Balaban J connectivity index is 1.48. The first-order valence-electron chi connectivity index (χ1n) is 12.7. The van der Waals surface area contributed by atoms with Crippen molar-refractivity contribution in [3.8, 4) is 11.8 Å². The lowest BCUT2D eigenvalue weighted by Gasteiger charge is -2.33. The van der Waals surface area contributed by atoms with Gasteiger partial charge >= 0.3 is 12.5 Å². The summed E-state index contributed by atoms with van der Waals surface area (Å²) in [6.07, 6.45) is -2.61. The van der Waals surface area contributed by atoms with Crippen molar-refractivity contribution < 1.29 is 32.2 Å². The first-order chi connectivity index (χ1) is 18.8. The van der Waals surface area contributed by atoms with E-state index in [0.29, 0.717) is 25.9 Å². The third kappa shape index (κ3) is 9.79. The van der Waals surface area contributed by atoms with E-state index in [2.05, 4.69) is 30.7 Å². The highest BCUT2D eigenvalue weighted by Crippen LogP contribution is 2.27. The molecular formula is C26H32F3N7O4. The number of halogens is 3. The summed E-state index contributed by atoms with van der Waals surface area (Å²) in [5.74, 6) is -0.297. The average molecular weight is 564 g/mol. The third-order valence-electron chi connectivity index (χ3n) is 5.70. The van der Waals surface area contributed by atoms with Gasteiger partial charge in [-0.15, -0.1) is 13.2 Å². The molecule has 0 aliphatic carbocycles. The SMILES string of the molecule is CC(C)(C)OC(=O)N1CCC(NC(=O)CCNc2nc(NCc3ccccc3OC(F)(F)F)ncc2C#N)CC1. The summed E-state index contributed by atoms with van der Waals surface area (Å²) in [6, 6.07) is 7.56. The Bertz CT molecular complexity index is 1220. The number of aromatic nitrogens is 2. The maximum Gasteiger partial charge on any atom is 0.573 e. The molecule has 2 heterocycles. The number of para-hydroxylation sites is 1. The number of carbonyl (C=O) groups excluding carboxylic acids is 2. The van der Waals surface area contributed by atoms with Gasteiger partial charge in [0.25, 0.3) is 0 Å². The highest BCUT2D eigenvalue weighted by molar-refractivity contribution is 5.77. The van der Waals surface area contributed by atoms with Crippen molar-refractivity contribution in [2.75, 3.05) is 30.3 Å². The van der Waals surface area contributed by atoms with Crippen molar-refractivity contribution in [2.24, 2.45) is 0 Å². The topological polar surface area (TPSA) is 142 Å². The van der Waals surface area contributed by atoms with E-state index in [1.807, 2.05) is 26.8 Å². The molecule has 0 radical (unpaired) electrons. The summed E-state index contributed by atoms with van der Waals surface area (Å²) in [5.41, 5.74) is -0.199. The number of alkyl halides is 3. The number of benzene rings is 1. The number of hydrogen-bond donors (Lipinski definition) is 3. The molecule has 0 atom stereocenters.